The highest BCUT2D eigenvalue weighted by Crippen LogP contribution is 2.16. The molecule has 0 aliphatic carbocycles. The summed E-state index contributed by atoms with van der Waals surface area (Å²) in [6.07, 6.45) is 2.24. The summed E-state index contributed by atoms with van der Waals surface area (Å²) < 4.78 is 10.8. The highest BCUT2D eigenvalue weighted by atomic mass is 35.5. The molecule has 1 atom stereocenters. The molecule has 0 bridgehead atoms. The van der Waals surface area contributed by atoms with E-state index in [1.807, 2.05) is 0 Å². The zero-order chi connectivity index (χ0) is 13.1. The van der Waals surface area contributed by atoms with Gasteiger partial charge >= 0.3 is 0 Å². The van der Waals surface area contributed by atoms with Crippen LogP contribution < -0.4 is 5.32 Å². The van der Waals surface area contributed by atoms with Crippen LogP contribution in [-0.2, 0) is 11.2 Å². The number of ether oxygens (including phenoxy) is 1. The van der Waals surface area contributed by atoms with E-state index in [0.717, 1.165) is 13.1 Å². The van der Waals surface area contributed by atoms with Crippen molar-refractivity contribution in [2.45, 2.75) is 12.5 Å². The molecule has 1 fully saturated rings. The molecule has 100 valence electrons. The normalized spacial score (nSPS) is 19.5. The third-order valence-corrected chi connectivity index (χ3v) is 3.05. The lowest BCUT2D eigenvalue weighted by Gasteiger charge is -2.21. The van der Waals surface area contributed by atoms with Gasteiger partial charge in [-0.1, -0.05) is 16.8 Å². The lowest BCUT2D eigenvalue weighted by molar-refractivity contribution is 0.0246. The van der Waals surface area contributed by atoms with Crippen LogP contribution in [0, 0.1) is 0 Å². The fourth-order valence-electron chi connectivity index (χ4n) is 1.90. The molecule has 0 aromatic carbocycles. The number of hydrogen-bond acceptors (Lipinski definition) is 6. The summed E-state index contributed by atoms with van der Waals surface area (Å²) in [5.41, 5.74) is 0.641. The van der Waals surface area contributed by atoms with Gasteiger partial charge in [0.15, 0.2) is 0 Å². The van der Waals surface area contributed by atoms with Gasteiger partial charge in [0.05, 0.1) is 24.2 Å². The third kappa shape index (κ3) is 3.09. The number of halogens is 1. The van der Waals surface area contributed by atoms with E-state index in [0.29, 0.717) is 35.5 Å². The monoisotopic (exact) mass is 280 g/mol. The van der Waals surface area contributed by atoms with Crippen molar-refractivity contribution >= 4 is 11.6 Å². The first kappa shape index (κ1) is 12.5. The minimum absolute atomic E-state index is 0.0835. The Bertz CT molecular complexity index is 537. The van der Waals surface area contributed by atoms with E-state index in [-0.39, 0.29) is 6.10 Å². The van der Waals surface area contributed by atoms with Crippen LogP contribution in [-0.4, -0.2) is 40.9 Å². The molecule has 2 aromatic heterocycles. The molecule has 7 heteroatoms. The van der Waals surface area contributed by atoms with E-state index in [1.54, 1.807) is 18.3 Å². The summed E-state index contributed by atoms with van der Waals surface area (Å²) in [5.74, 6) is 1.02. The minimum Gasteiger partial charge on any atom is -0.375 e. The molecule has 2 aromatic rings. The summed E-state index contributed by atoms with van der Waals surface area (Å²) in [7, 11) is 0. The maximum absolute atomic E-state index is 5.78. The molecule has 1 saturated heterocycles. The van der Waals surface area contributed by atoms with Gasteiger partial charge in [-0.25, -0.2) is 0 Å². The van der Waals surface area contributed by atoms with Gasteiger partial charge in [0.25, 0.3) is 0 Å². The molecule has 1 unspecified atom stereocenters. The summed E-state index contributed by atoms with van der Waals surface area (Å²) in [6, 6.07) is 3.50. The Hall–Kier alpha value is -1.50. The quantitative estimate of drug-likeness (QED) is 0.914. The van der Waals surface area contributed by atoms with Gasteiger partial charge in [0, 0.05) is 19.3 Å². The van der Waals surface area contributed by atoms with E-state index < -0.39 is 0 Å². The summed E-state index contributed by atoms with van der Waals surface area (Å²) in [6.45, 7) is 2.40. The molecule has 0 saturated carbocycles. The predicted octanol–water partition coefficient (Wildman–Crippen LogP) is 1.32. The van der Waals surface area contributed by atoms with E-state index in [4.69, 9.17) is 20.9 Å². The Morgan fingerprint density at radius 2 is 2.37 bits per heavy atom. The average molecular weight is 281 g/mol. The van der Waals surface area contributed by atoms with Gasteiger partial charge in [-0.3, -0.25) is 4.98 Å². The molecule has 0 radical (unpaired) electrons. The maximum atomic E-state index is 5.78. The van der Waals surface area contributed by atoms with Crippen LogP contribution in [0.1, 0.15) is 5.89 Å². The van der Waals surface area contributed by atoms with Crippen LogP contribution in [0.15, 0.2) is 22.9 Å². The zero-order valence-corrected chi connectivity index (χ0v) is 10.9. The summed E-state index contributed by atoms with van der Waals surface area (Å²) in [4.78, 5) is 8.46. The highest BCUT2D eigenvalue weighted by molar-refractivity contribution is 6.30. The Labute approximate surface area is 115 Å². The highest BCUT2D eigenvalue weighted by Gasteiger charge is 2.18. The standard InChI is InChI=1S/C12H13ClN4O2/c13-8-1-2-10(15-6-8)12-16-11(19-17-12)5-9-7-14-3-4-18-9/h1-2,6,9,14H,3-5,7H2. The maximum Gasteiger partial charge on any atom is 0.229 e. The van der Waals surface area contributed by atoms with Crippen LogP contribution in [0.3, 0.4) is 0 Å². The van der Waals surface area contributed by atoms with Crippen LogP contribution in [0.2, 0.25) is 5.02 Å². The van der Waals surface area contributed by atoms with Crippen LogP contribution in [0.4, 0.5) is 0 Å². The number of nitrogens with zero attached hydrogens (tertiary/aromatic N) is 3. The van der Waals surface area contributed by atoms with Gasteiger partial charge < -0.3 is 14.6 Å². The summed E-state index contributed by atoms with van der Waals surface area (Å²) >= 11 is 5.78. The molecular formula is C12H13ClN4O2. The molecule has 6 nitrogen and oxygen atoms in total. The molecule has 3 heterocycles. The molecule has 0 amide bonds. The fraction of sp³-hybridized carbons (Fsp3) is 0.417. The van der Waals surface area contributed by atoms with Crippen molar-refractivity contribution in [3.63, 3.8) is 0 Å². The van der Waals surface area contributed by atoms with Crippen molar-refractivity contribution in [3.05, 3.63) is 29.2 Å². The van der Waals surface area contributed by atoms with E-state index in [1.165, 1.54) is 0 Å². The van der Waals surface area contributed by atoms with Gasteiger partial charge in [-0.2, -0.15) is 4.98 Å². The first-order chi connectivity index (χ1) is 9.31. The second-order valence-corrected chi connectivity index (χ2v) is 4.71. The molecule has 1 N–H and O–H groups in total. The molecule has 1 aliphatic rings. The Balaban J connectivity index is 1.70. The molecular weight excluding hydrogens is 268 g/mol. The molecule has 19 heavy (non-hydrogen) atoms. The largest absolute Gasteiger partial charge is 0.375 e. The SMILES string of the molecule is Clc1ccc(-c2noc(CC3CNCCO3)n2)nc1. The lowest BCUT2D eigenvalue weighted by atomic mass is 10.2. The van der Waals surface area contributed by atoms with Crippen molar-refractivity contribution in [1.82, 2.24) is 20.4 Å². The second kappa shape index (κ2) is 5.64. The fourth-order valence-corrected chi connectivity index (χ4v) is 2.01. The average Bonchev–Trinajstić information content (AvgIpc) is 2.89. The number of aromatic nitrogens is 3. The first-order valence-electron chi connectivity index (χ1n) is 6.08. The number of pyridine rings is 1. The van der Waals surface area contributed by atoms with E-state index >= 15 is 0 Å². The van der Waals surface area contributed by atoms with Gasteiger partial charge in [-0.05, 0) is 12.1 Å². The zero-order valence-electron chi connectivity index (χ0n) is 10.2. The van der Waals surface area contributed by atoms with Crippen molar-refractivity contribution in [2.75, 3.05) is 19.7 Å². The van der Waals surface area contributed by atoms with Crippen LogP contribution >= 0.6 is 11.6 Å². The second-order valence-electron chi connectivity index (χ2n) is 4.27. The number of morpholine rings is 1. The first-order valence-corrected chi connectivity index (χ1v) is 6.46. The number of nitrogens with one attached hydrogen (secondary N) is 1. The Morgan fingerprint density at radius 1 is 1.42 bits per heavy atom. The van der Waals surface area contributed by atoms with Gasteiger partial charge in [-0.15, -0.1) is 0 Å². The number of hydrogen-bond donors (Lipinski definition) is 1. The molecule has 1 aliphatic heterocycles. The van der Waals surface area contributed by atoms with Crippen LogP contribution in [0.5, 0.6) is 0 Å². The predicted molar refractivity (Wildman–Crippen MR) is 68.9 cm³/mol. The number of rotatable bonds is 3. The lowest BCUT2D eigenvalue weighted by Crippen LogP contribution is -2.39. The summed E-state index contributed by atoms with van der Waals surface area (Å²) in [5, 5.41) is 7.75. The third-order valence-electron chi connectivity index (χ3n) is 2.83. The van der Waals surface area contributed by atoms with Crippen LogP contribution in [0.25, 0.3) is 11.5 Å². The van der Waals surface area contributed by atoms with E-state index in [2.05, 4.69) is 20.4 Å². The molecule has 3 rings (SSSR count). The Kier molecular flexibility index (Phi) is 3.72. The molecule has 0 spiro atoms. The topological polar surface area (TPSA) is 73.1 Å². The van der Waals surface area contributed by atoms with Crippen molar-refractivity contribution in [1.29, 1.82) is 0 Å². The van der Waals surface area contributed by atoms with E-state index in [9.17, 15) is 0 Å². The van der Waals surface area contributed by atoms with Crippen molar-refractivity contribution < 1.29 is 9.26 Å². The van der Waals surface area contributed by atoms with Gasteiger partial charge in [0.2, 0.25) is 11.7 Å². The van der Waals surface area contributed by atoms with Crippen molar-refractivity contribution in [2.24, 2.45) is 0 Å². The minimum atomic E-state index is 0.0835. The van der Waals surface area contributed by atoms with Gasteiger partial charge in [0.1, 0.15) is 5.69 Å². The Morgan fingerprint density at radius 3 is 3.11 bits per heavy atom. The van der Waals surface area contributed by atoms with Crippen molar-refractivity contribution in [3.8, 4) is 11.5 Å². The smallest absolute Gasteiger partial charge is 0.229 e.